The fourth-order valence-corrected chi connectivity index (χ4v) is 2.11. The first-order chi connectivity index (χ1) is 7.63. The Kier molecular flexibility index (Phi) is 3.33. The van der Waals surface area contributed by atoms with E-state index in [2.05, 4.69) is 10.3 Å². The maximum absolute atomic E-state index is 6.13. The molecule has 0 unspecified atom stereocenters. The van der Waals surface area contributed by atoms with Gasteiger partial charge in [0, 0.05) is 17.6 Å². The first kappa shape index (κ1) is 11.6. The van der Waals surface area contributed by atoms with Crippen molar-refractivity contribution in [1.82, 2.24) is 10.3 Å². The van der Waals surface area contributed by atoms with Crippen molar-refractivity contribution in [2.45, 2.75) is 13.5 Å². The molecule has 0 saturated heterocycles. The Bertz CT molecular complexity index is 538. The third-order valence-corrected chi connectivity index (χ3v) is 3.18. The van der Waals surface area contributed by atoms with E-state index in [1.165, 1.54) is 0 Å². The topological polar surface area (TPSA) is 24.9 Å². The van der Waals surface area contributed by atoms with Gasteiger partial charge in [-0.3, -0.25) is 4.98 Å². The molecule has 0 aliphatic carbocycles. The fraction of sp³-hybridized carbons (Fsp3) is 0.250. The molecule has 2 nitrogen and oxygen atoms in total. The van der Waals surface area contributed by atoms with Gasteiger partial charge >= 0.3 is 0 Å². The van der Waals surface area contributed by atoms with Crippen molar-refractivity contribution in [3.8, 4) is 0 Å². The van der Waals surface area contributed by atoms with Gasteiger partial charge in [0.15, 0.2) is 0 Å². The van der Waals surface area contributed by atoms with Gasteiger partial charge in [-0.1, -0.05) is 23.2 Å². The molecule has 0 amide bonds. The van der Waals surface area contributed by atoms with Crippen molar-refractivity contribution < 1.29 is 0 Å². The van der Waals surface area contributed by atoms with Crippen LogP contribution in [-0.2, 0) is 6.54 Å². The number of hydrogen-bond donors (Lipinski definition) is 1. The summed E-state index contributed by atoms with van der Waals surface area (Å²) >= 11 is 12.2. The minimum Gasteiger partial charge on any atom is -0.316 e. The zero-order valence-electron chi connectivity index (χ0n) is 9.14. The van der Waals surface area contributed by atoms with Gasteiger partial charge in [-0.2, -0.15) is 0 Å². The van der Waals surface area contributed by atoms with Crippen LogP contribution in [0.5, 0.6) is 0 Å². The first-order valence-electron chi connectivity index (χ1n) is 5.02. The summed E-state index contributed by atoms with van der Waals surface area (Å²) in [6.07, 6.45) is 0. The van der Waals surface area contributed by atoms with Crippen LogP contribution in [0.2, 0.25) is 10.0 Å². The van der Waals surface area contributed by atoms with Gasteiger partial charge in [-0.05, 0) is 37.7 Å². The first-order valence-corrected chi connectivity index (χ1v) is 5.78. The molecule has 0 aliphatic heterocycles. The van der Waals surface area contributed by atoms with E-state index in [9.17, 15) is 0 Å². The lowest BCUT2D eigenvalue weighted by molar-refractivity contribution is 0.807. The summed E-state index contributed by atoms with van der Waals surface area (Å²) in [5, 5.41) is 5.34. The van der Waals surface area contributed by atoms with Crippen molar-refractivity contribution >= 4 is 34.1 Å². The van der Waals surface area contributed by atoms with Crippen molar-refractivity contribution in [2.24, 2.45) is 0 Å². The van der Waals surface area contributed by atoms with Crippen LogP contribution in [0, 0.1) is 6.92 Å². The molecule has 0 aliphatic rings. The Morgan fingerprint density at radius 2 is 1.94 bits per heavy atom. The van der Waals surface area contributed by atoms with Crippen LogP contribution in [0.4, 0.5) is 0 Å². The molecule has 1 aromatic carbocycles. The number of aromatic nitrogens is 1. The quantitative estimate of drug-likeness (QED) is 0.887. The third-order valence-electron chi connectivity index (χ3n) is 2.54. The Morgan fingerprint density at radius 3 is 2.62 bits per heavy atom. The lowest BCUT2D eigenvalue weighted by Gasteiger charge is -2.09. The Hall–Kier alpha value is -0.830. The second-order valence-electron chi connectivity index (χ2n) is 3.69. The number of rotatable bonds is 2. The minimum atomic E-state index is 0.638. The minimum absolute atomic E-state index is 0.638. The second-order valence-corrected chi connectivity index (χ2v) is 4.50. The van der Waals surface area contributed by atoms with Gasteiger partial charge in [-0.25, -0.2) is 0 Å². The summed E-state index contributed by atoms with van der Waals surface area (Å²) in [5.41, 5.74) is 2.89. The van der Waals surface area contributed by atoms with E-state index < -0.39 is 0 Å². The lowest BCUT2D eigenvalue weighted by atomic mass is 10.1. The van der Waals surface area contributed by atoms with E-state index in [0.29, 0.717) is 10.0 Å². The summed E-state index contributed by atoms with van der Waals surface area (Å²) in [5.74, 6) is 0. The van der Waals surface area contributed by atoms with E-state index in [0.717, 1.165) is 28.7 Å². The molecule has 1 aromatic heterocycles. The summed E-state index contributed by atoms with van der Waals surface area (Å²) < 4.78 is 0. The van der Waals surface area contributed by atoms with Crippen LogP contribution in [0.3, 0.4) is 0 Å². The molecule has 0 fully saturated rings. The zero-order chi connectivity index (χ0) is 11.7. The van der Waals surface area contributed by atoms with E-state index in [1.54, 1.807) is 12.1 Å². The highest BCUT2D eigenvalue weighted by Crippen LogP contribution is 2.29. The predicted octanol–water partition coefficient (Wildman–Crippen LogP) is 3.57. The highest BCUT2D eigenvalue weighted by molar-refractivity contribution is 6.39. The molecule has 84 valence electrons. The third kappa shape index (κ3) is 2.01. The number of hydrogen-bond acceptors (Lipinski definition) is 2. The molecule has 0 atom stereocenters. The molecular formula is C12H12Cl2N2. The van der Waals surface area contributed by atoms with Gasteiger partial charge < -0.3 is 5.32 Å². The lowest BCUT2D eigenvalue weighted by Crippen LogP contribution is -2.07. The number of halogens is 2. The molecule has 1 heterocycles. The van der Waals surface area contributed by atoms with Crippen LogP contribution in [-0.4, -0.2) is 12.0 Å². The normalized spacial score (nSPS) is 11.0. The molecule has 0 spiro atoms. The van der Waals surface area contributed by atoms with Crippen molar-refractivity contribution in [3.63, 3.8) is 0 Å². The molecule has 2 rings (SSSR count). The average molecular weight is 255 g/mol. The molecule has 0 bridgehead atoms. The van der Waals surface area contributed by atoms with E-state index in [4.69, 9.17) is 23.2 Å². The average Bonchev–Trinajstić information content (AvgIpc) is 2.26. The van der Waals surface area contributed by atoms with E-state index in [-0.39, 0.29) is 0 Å². The number of fused-ring (bicyclic) bond motifs is 1. The fourth-order valence-electron chi connectivity index (χ4n) is 1.70. The van der Waals surface area contributed by atoms with Crippen molar-refractivity contribution in [2.75, 3.05) is 7.05 Å². The molecule has 0 saturated carbocycles. The van der Waals surface area contributed by atoms with Crippen LogP contribution < -0.4 is 5.32 Å². The van der Waals surface area contributed by atoms with Crippen molar-refractivity contribution in [1.29, 1.82) is 0 Å². The monoisotopic (exact) mass is 254 g/mol. The van der Waals surface area contributed by atoms with Crippen molar-refractivity contribution in [3.05, 3.63) is 39.5 Å². The largest absolute Gasteiger partial charge is 0.316 e. The van der Waals surface area contributed by atoms with Crippen LogP contribution in [0.15, 0.2) is 18.2 Å². The number of pyridine rings is 1. The van der Waals surface area contributed by atoms with Gasteiger partial charge in [0.2, 0.25) is 0 Å². The maximum Gasteiger partial charge on any atom is 0.0906 e. The van der Waals surface area contributed by atoms with Gasteiger partial charge in [0.25, 0.3) is 0 Å². The molecule has 4 heteroatoms. The summed E-state index contributed by atoms with van der Waals surface area (Å²) in [6.45, 7) is 2.75. The van der Waals surface area contributed by atoms with Gasteiger partial charge in [0.1, 0.15) is 0 Å². The Balaban J connectivity index is 2.73. The smallest absolute Gasteiger partial charge is 0.0906 e. The van der Waals surface area contributed by atoms with E-state index in [1.807, 2.05) is 20.0 Å². The van der Waals surface area contributed by atoms with Crippen LogP contribution >= 0.6 is 23.2 Å². The zero-order valence-corrected chi connectivity index (χ0v) is 10.7. The van der Waals surface area contributed by atoms with Gasteiger partial charge in [-0.15, -0.1) is 0 Å². The molecule has 2 aromatic rings. The number of nitrogens with one attached hydrogen (secondary N) is 1. The molecule has 1 N–H and O–H groups in total. The number of benzene rings is 1. The molecule has 16 heavy (non-hydrogen) atoms. The number of nitrogens with zero attached hydrogens (tertiary/aromatic N) is 1. The molecular weight excluding hydrogens is 243 g/mol. The highest BCUT2D eigenvalue weighted by atomic mass is 35.5. The maximum atomic E-state index is 6.13. The van der Waals surface area contributed by atoms with E-state index >= 15 is 0 Å². The SMILES string of the molecule is CNCc1cc2c(Cl)ccc(Cl)c2nc1C. The van der Waals surface area contributed by atoms with Crippen LogP contribution in [0.1, 0.15) is 11.3 Å². The standard InChI is InChI=1S/C12H12Cl2N2/c1-7-8(6-15-2)5-9-10(13)3-4-11(14)12(9)16-7/h3-5,15H,6H2,1-2H3. The molecule has 0 radical (unpaired) electrons. The summed E-state index contributed by atoms with van der Waals surface area (Å²) in [6, 6.07) is 5.62. The summed E-state index contributed by atoms with van der Waals surface area (Å²) in [4.78, 5) is 4.50. The summed E-state index contributed by atoms with van der Waals surface area (Å²) in [7, 11) is 1.91. The van der Waals surface area contributed by atoms with Crippen LogP contribution in [0.25, 0.3) is 10.9 Å². The highest BCUT2D eigenvalue weighted by Gasteiger charge is 2.08. The predicted molar refractivity (Wildman–Crippen MR) is 69.3 cm³/mol. The Labute approximate surface area is 105 Å². The van der Waals surface area contributed by atoms with Gasteiger partial charge in [0.05, 0.1) is 15.6 Å². The number of aryl methyl sites for hydroxylation is 1. The second kappa shape index (κ2) is 4.58. The Morgan fingerprint density at radius 1 is 1.25 bits per heavy atom.